The highest BCUT2D eigenvalue weighted by atomic mass is 32.2. The molecular formula is C28H27NO9S. The number of carbonyl (C=O) groups excluding carboxylic acids is 4. The van der Waals surface area contributed by atoms with Gasteiger partial charge in [0.15, 0.2) is 12.4 Å². The van der Waals surface area contributed by atoms with Crippen LogP contribution in [0.15, 0.2) is 77.7 Å². The largest absolute Gasteiger partial charge is 0.462 e. The first kappa shape index (κ1) is 29.1. The van der Waals surface area contributed by atoms with Crippen LogP contribution in [0.3, 0.4) is 0 Å². The van der Waals surface area contributed by atoms with Crippen LogP contribution in [-0.4, -0.2) is 45.3 Å². The van der Waals surface area contributed by atoms with Crippen LogP contribution in [0, 0.1) is 6.92 Å². The molecule has 0 atom stereocenters. The summed E-state index contributed by atoms with van der Waals surface area (Å²) >= 11 is 0. The van der Waals surface area contributed by atoms with Crippen LogP contribution in [-0.2, 0) is 29.2 Å². The molecule has 0 bridgehead atoms. The Morgan fingerprint density at radius 3 is 2.00 bits per heavy atom. The molecule has 204 valence electrons. The molecule has 0 heterocycles. The minimum Gasteiger partial charge on any atom is -0.462 e. The lowest BCUT2D eigenvalue weighted by atomic mass is 10.1. The molecule has 0 aliphatic heterocycles. The summed E-state index contributed by atoms with van der Waals surface area (Å²) in [5.41, 5.74) is 1.88. The molecule has 0 unspecified atom stereocenters. The van der Waals surface area contributed by atoms with E-state index in [1.807, 2.05) is 6.92 Å². The van der Waals surface area contributed by atoms with E-state index in [1.165, 1.54) is 60.7 Å². The average molecular weight is 554 g/mol. The van der Waals surface area contributed by atoms with Gasteiger partial charge >= 0.3 is 22.1 Å². The van der Waals surface area contributed by atoms with Crippen LogP contribution < -0.4 is 9.50 Å². The molecule has 11 heteroatoms. The van der Waals surface area contributed by atoms with E-state index in [4.69, 9.17) is 13.7 Å². The number of benzene rings is 3. The van der Waals surface area contributed by atoms with E-state index in [0.29, 0.717) is 11.3 Å². The summed E-state index contributed by atoms with van der Waals surface area (Å²) in [7, 11) is -4.03. The predicted octanol–water partition coefficient (Wildman–Crippen LogP) is 4.08. The third kappa shape index (κ3) is 8.78. The maximum absolute atomic E-state index is 12.4. The van der Waals surface area contributed by atoms with E-state index in [1.54, 1.807) is 19.1 Å². The van der Waals surface area contributed by atoms with Gasteiger partial charge in [-0.3, -0.25) is 14.4 Å². The van der Waals surface area contributed by atoms with E-state index in [9.17, 15) is 27.6 Å². The second-order valence-electron chi connectivity index (χ2n) is 8.30. The number of Topliss-reactive ketones (excluding diaryl/α,β-unsaturated/α-hetero) is 1. The molecule has 0 aliphatic rings. The molecule has 3 aromatic rings. The Morgan fingerprint density at radius 1 is 0.769 bits per heavy atom. The van der Waals surface area contributed by atoms with E-state index in [-0.39, 0.29) is 35.7 Å². The molecule has 0 radical (unpaired) electrons. The van der Waals surface area contributed by atoms with Crippen LogP contribution in [0.25, 0.3) is 0 Å². The number of carbonyl (C=O) groups is 4. The van der Waals surface area contributed by atoms with Gasteiger partial charge in [-0.2, -0.15) is 8.42 Å². The van der Waals surface area contributed by atoms with Gasteiger partial charge in [-0.05, 0) is 74.5 Å². The fraction of sp³-hybridized carbons (Fsp3) is 0.214. The number of esters is 2. The number of anilines is 1. The van der Waals surface area contributed by atoms with Crippen molar-refractivity contribution in [3.63, 3.8) is 0 Å². The quantitative estimate of drug-likeness (QED) is 0.199. The van der Waals surface area contributed by atoms with Crippen molar-refractivity contribution in [2.45, 2.75) is 31.6 Å². The first-order valence-electron chi connectivity index (χ1n) is 11.9. The van der Waals surface area contributed by atoms with Crippen molar-refractivity contribution in [3.8, 4) is 5.75 Å². The van der Waals surface area contributed by atoms with Gasteiger partial charge in [-0.1, -0.05) is 17.7 Å². The number of amides is 1. The average Bonchev–Trinajstić information content (AvgIpc) is 2.91. The van der Waals surface area contributed by atoms with Gasteiger partial charge < -0.3 is 19.0 Å². The number of ether oxygens (including phenoxy) is 2. The molecule has 3 rings (SSSR count). The molecule has 3 aromatic carbocycles. The number of aryl methyl sites for hydroxylation is 1. The predicted molar refractivity (Wildman–Crippen MR) is 141 cm³/mol. The van der Waals surface area contributed by atoms with Gasteiger partial charge in [-0.25, -0.2) is 4.79 Å². The Morgan fingerprint density at radius 2 is 1.38 bits per heavy atom. The van der Waals surface area contributed by atoms with Crippen molar-refractivity contribution in [1.82, 2.24) is 0 Å². The number of ketones is 1. The molecule has 0 spiro atoms. The van der Waals surface area contributed by atoms with Crippen molar-refractivity contribution < 1.29 is 41.3 Å². The fourth-order valence-electron chi connectivity index (χ4n) is 3.22. The highest BCUT2D eigenvalue weighted by Crippen LogP contribution is 2.20. The Bertz CT molecular complexity index is 1430. The molecule has 1 N–H and O–H groups in total. The molecule has 39 heavy (non-hydrogen) atoms. The van der Waals surface area contributed by atoms with Gasteiger partial charge in [0.1, 0.15) is 10.6 Å². The molecule has 0 saturated carbocycles. The highest BCUT2D eigenvalue weighted by Gasteiger charge is 2.17. The second-order valence-corrected chi connectivity index (χ2v) is 9.85. The molecule has 0 aliphatic carbocycles. The molecular weight excluding hydrogens is 526 g/mol. The van der Waals surface area contributed by atoms with E-state index in [0.717, 1.165) is 5.56 Å². The summed E-state index contributed by atoms with van der Waals surface area (Å²) in [5.74, 6) is -2.14. The van der Waals surface area contributed by atoms with Crippen LogP contribution in [0.1, 0.15) is 46.0 Å². The summed E-state index contributed by atoms with van der Waals surface area (Å²) in [6.45, 7) is 3.24. The van der Waals surface area contributed by atoms with Gasteiger partial charge in [0.2, 0.25) is 5.91 Å². The first-order valence-corrected chi connectivity index (χ1v) is 13.4. The molecule has 0 aromatic heterocycles. The van der Waals surface area contributed by atoms with Gasteiger partial charge in [0, 0.05) is 17.7 Å². The number of nitrogens with one attached hydrogen (secondary N) is 1. The minimum absolute atomic E-state index is 0.000697. The Labute approximate surface area is 226 Å². The maximum Gasteiger partial charge on any atom is 0.339 e. The van der Waals surface area contributed by atoms with Gasteiger partial charge in [0.05, 0.1) is 18.6 Å². The van der Waals surface area contributed by atoms with Crippen LogP contribution in [0.2, 0.25) is 0 Å². The SMILES string of the molecule is CCOC(=O)c1ccc(NC(=O)CCC(=O)OCC(=O)c2ccc(OS(=O)(=O)c3ccc(C)cc3)cc2)cc1. The van der Waals surface area contributed by atoms with Crippen molar-refractivity contribution in [2.24, 2.45) is 0 Å². The third-order valence-electron chi connectivity index (χ3n) is 5.29. The van der Waals surface area contributed by atoms with Crippen molar-refractivity contribution in [1.29, 1.82) is 0 Å². The normalized spacial score (nSPS) is 10.8. The van der Waals surface area contributed by atoms with Crippen molar-refractivity contribution in [2.75, 3.05) is 18.5 Å². The highest BCUT2D eigenvalue weighted by molar-refractivity contribution is 7.87. The lowest BCUT2D eigenvalue weighted by Gasteiger charge is -2.08. The van der Waals surface area contributed by atoms with Crippen LogP contribution in [0.4, 0.5) is 5.69 Å². The van der Waals surface area contributed by atoms with Gasteiger partial charge in [-0.15, -0.1) is 0 Å². The summed E-state index contributed by atoms with van der Waals surface area (Å²) in [5, 5.41) is 2.60. The lowest BCUT2D eigenvalue weighted by Crippen LogP contribution is -2.17. The molecule has 1 amide bonds. The van der Waals surface area contributed by atoms with Gasteiger partial charge in [0.25, 0.3) is 0 Å². The zero-order valence-corrected chi connectivity index (χ0v) is 22.2. The number of rotatable bonds is 12. The van der Waals surface area contributed by atoms with Crippen molar-refractivity contribution >= 4 is 39.4 Å². The number of hydrogen-bond acceptors (Lipinski definition) is 9. The van der Waals surface area contributed by atoms with Crippen molar-refractivity contribution in [3.05, 3.63) is 89.5 Å². The van der Waals surface area contributed by atoms with Crippen LogP contribution >= 0.6 is 0 Å². The fourth-order valence-corrected chi connectivity index (χ4v) is 4.15. The minimum atomic E-state index is -4.03. The van der Waals surface area contributed by atoms with E-state index >= 15 is 0 Å². The monoisotopic (exact) mass is 553 g/mol. The standard InChI is InChI=1S/C28H27NO9S/c1-3-36-28(33)21-6-10-22(11-7-21)29-26(31)16-17-27(32)37-18-25(30)20-8-12-23(13-9-20)38-39(34,35)24-14-4-19(2)5-15-24/h4-15H,3,16-18H2,1-2H3,(H,29,31). The summed E-state index contributed by atoms with van der Waals surface area (Å²) in [6, 6.07) is 17.6. The third-order valence-corrected chi connectivity index (χ3v) is 6.55. The Kier molecular flexibility index (Phi) is 9.93. The van der Waals surface area contributed by atoms with E-state index < -0.39 is 40.4 Å². The molecule has 0 fully saturated rings. The van der Waals surface area contributed by atoms with E-state index in [2.05, 4.69) is 5.32 Å². The summed E-state index contributed by atoms with van der Waals surface area (Å²) in [4.78, 5) is 48.1. The Hall–Kier alpha value is -4.51. The molecule has 10 nitrogen and oxygen atoms in total. The summed E-state index contributed by atoms with van der Waals surface area (Å²) < 4.78 is 39.7. The second kappa shape index (κ2) is 13.3. The van der Waals surface area contributed by atoms with Crippen LogP contribution in [0.5, 0.6) is 5.75 Å². The number of hydrogen-bond donors (Lipinski definition) is 1. The topological polar surface area (TPSA) is 142 Å². The maximum atomic E-state index is 12.4. The molecule has 0 saturated heterocycles. The summed E-state index contributed by atoms with van der Waals surface area (Å²) in [6.07, 6.45) is -0.419. The Balaban J connectivity index is 1.42. The smallest absolute Gasteiger partial charge is 0.339 e. The first-order chi connectivity index (χ1) is 18.6. The zero-order valence-electron chi connectivity index (χ0n) is 21.3. The zero-order chi connectivity index (χ0) is 28.4. The lowest BCUT2D eigenvalue weighted by molar-refractivity contribution is -0.143.